The first-order chi connectivity index (χ1) is 13.7. The number of methoxy groups -OCH3 is 1. The molecule has 0 aliphatic carbocycles. The summed E-state index contributed by atoms with van der Waals surface area (Å²) in [6.45, 7) is 2.31. The van der Waals surface area contributed by atoms with Crippen LogP contribution in [0.5, 0.6) is 11.5 Å². The van der Waals surface area contributed by atoms with Crippen LogP contribution in [0, 0.1) is 0 Å². The lowest BCUT2D eigenvalue weighted by Gasteiger charge is -2.12. The van der Waals surface area contributed by atoms with E-state index in [1.807, 2.05) is 54.6 Å². The molecule has 3 aromatic carbocycles. The van der Waals surface area contributed by atoms with Crippen molar-refractivity contribution in [1.82, 2.24) is 0 Å². The minimum atomic E-state index is 0.513. The van der Waals surface area contributed by atoms with Crippen LogP contribution in [-0.2, 0) is 19.6 Å². The molecule has 0 atom stereocenters. The number of hydrogen-bond donors (Lipinski definition) is 1. The fourth-order valence-corrected chi connectivity index (χ4v) is 3.45. The van der Waals surface area contributed by atoms with E-state index >= 15 is 0 Å². The van der Waals surface area contributed by atoms with Gasteiger partial charge in [-0.05, 0) is 41.5 Å². The van der Waals surface area contributed by atoms with Crippen molar-refractivity contribution < 1.29 is 14.8 Å². The summed E-state index contributed by atoms with van der Waals surface area (Å²) in [5, 5.41) is 3.65. The normalized spacial score (nSPS) is 10.7. The Hall–Kier alpha value is -2.20. The maximum atomic E-state index is 6.24. The summed E-state index contributed by atoms with van der Waals surface area (Å²) in [5.41, 5.74) is 3.43. The number of nitrogens with two attached hydrogens (primary N) is 1. The zero-order valence-corrected chi connectivity index (χ0v) is 17.3. The molecule has 0 aliphatic heterocycles. The predicted octanol–water partition coefficient (Wildman–Crippen LogP) is 4.89. The molecular formula is C23H24Cl2NO2+. The SMILES string of the molecule is COc1ccc(C[NH2+]CCc2ccc(Cl)cc2Cl)cc1OCc1ccccc1. The van der Waals surface area contributed by atoms with E-state index in [-0.39, 0.29) is 0 Å². The van der Waals surface area contributed by atoms with Crippen LogP contribution in [0.15, 0.2) is 66.7 Å². The summed E-state index contributed by atoms with van der Waals surface area (Å²) in [6, 6.07) is 21.8. The molecule has 5 heteroatoms. The van der Waals surface area contributed by atoms with E-state index in [0.29, 0.717) is 11.6 Å². The summed E-state index contributed by atoms with van der Waals surface area (Å²) in [6.07, 6.45) is 0.892. The Morgan fingerprint density at radius 3 is 2.43 bits per heavy atom. The second kappa shape index (κ2) is 10.4. The van der Waals surface area contributed by atoms with Gasteiger partial charge in [-0.25, -0.2) is 0 Å². The Balaban J connectivity index is 1.55. The van der Waals surface area contributed by atoms with E-state index in [0.717, 1.165) is 47.2 Å². The minimum Gasteiger partial charge on any atom is -0.493 e. The van der Waals surface area contributed by atoms with Crippen LogP contribution in [0.25, 0.3) is 0 Å². The van der Waals surface area contributed by atoms with Gasteiger partial charge in [0.05, 0.1) is 13.7 Å². The third kappa shape index (κ3) is 5.90. The fourth-order valence-electron chi connectivity index (χ4n) is 2.95. The van der Waals surface area contributed by atoms with E-state index in [1.165, 1.54) is 5.56 Å². The molecule has 2 N–H and O–H groups in total. The molecular weight excluding hydrogens is 393 g/mol. The highest BCUT2D eigenvalue weighted by Gasteiger charge is 2.08. The Kier molecular flexibility index (Phi) is 7.61. The first-order valence-corrected chi connectivity index (χ1v) is 10.0. The minimum absolute atomic E-state index is 0.513. The first-order valence-electron chi connectivity index (χ1n) is 9.25. The molecule has 146 valence electrons. The Labute approximate surface area is 176 Å². The van der Waals surface area contributed by atoms with E-state index in [1.54, 1.807) is 13.2 Å². The van der Waals surface area contributed by atoms with Crippen molar-refractivity contribution in [1.29, 1.82) is 0 Å². The summed E-state index contributed by atoms with van der Waals surface area (Å²) in [7, 11) is 1.66. The number of rotatable bonds is 9. The number of halogens is 2. The van der Waals surface area contributed by atoms with Gasteiger partial charge in [0.1, 0.15) is 13.2 Å². The van der Waals surface area contributed by atoms with Crippen LogP contribution in [0.3, 0.4) is 0 Å². The predicted molar refractivity (Wildman–Crippen MR) is 114 cm³/mol. The number of ether oxygens (including phenoxy) is 2. The molecule has 0 aliphatic rings. The first kappa shape index (κ1) is 20.5. The van der Waals surface area contributed by atoms with Crippen LogP contribution in [0.2, 0.25) is 10.0 Å². The van der Waals surface area contributed by atoms with Crippen LogP contribution in [-0.4, -0.2) is 13.7 Å². The van der Waals surface area contributed by atoms with Gasteiger partial charge in [-0.15, -0.1) is 0 Å². The molecule has 0 aromatic heterocycles. The van der Waals surface area contributed by atoms with Crippen molar-refractivity contribution in [2.75, 3.05) is 13.7 Å². The molecule has 3 nitrogen and oxygen atoms in total. The van der Waals surface area contributed by atoms with Gasteiger partial charge >= 0.3 is 0 Å². The molecule has 0 radical (unpaired) electrons. The summed E-state index contributed by atoms with van der Waals surface area (Å²) < 4.78 is 11.4. The molecule has 0 spiro atoms. The average molecular weight is 417 g/mol. The van der Waals surface area contributed by atoms with Crippen molar-refractivity contribution in [3.8, 4) is 11.5 Å². The van der Waals surface area contributed by atoms with E-state index in [2.05, 4.69) is 11.4 Å². The monoisotopic (exact) mass is 416 g/mol. The van der Waals surface area contributed by atoms with Crippen molar-refractivity contribution in [2.24, 2.45) is 0 Å². The highest BCUT2D eigenvalue weighted by Crippen LogP contribution is 2.28. The van der Waals surface area contributed by atoms with Gasteiger partial charge in [0.2, 0.25) is 0 Å². The molecule has 3 aromatic rings. The zero-order valence-electron chi connectivity index (χ0n) is 15.8. The maximum Gasteiger partial charge on any atom is 0.162 e. The van der Waals surface area contributed by atoms with E-state index < -0.39 is 0 Å². The molecule has 0 bridgehead atoms. The zero-order chi connectivity index (χ0) is 19.8. The molecule has 0 saturated heterocycles. The third-order valence-electron chi connectivity index (χ3n) is 4.48. The molecule has 3 rings (SSSR count). The smallest absolute Gasteiger partial charge is 0.162 e. The summed E-state index contributed by atoms with van der Waals surface area (Å²) >= 11 is 12.2. The van der Waals surface area contributed by atoms with Crippen molar-refractivity contribution in [3.05, 3.63) is 93.5 Å². The summed E-state index contributed by atoms with van der Waals surface area (Å²) in [5.74, 6) is 1.51. The summed E-state index contributed by atoms with van der Waals surface area (Å²) in [4.78, 5) is 0. The second-order valence-electron chi connectivity index (χ2n) is 6.53. The standard InChI is InChI=1S/C23H23Cl2NO2/c1-27-22-10-7-18(13-23(22)28-16-17-5-3-2-4-6-17)15-26-12-11-19-8-9-20(24)14-21(19)25/h2-10,13-14,26H,11-12,15-16H2,1H3/p+1. The van der Waals surface area contributed by atoms with E-state index in [9.17, 15) is 0 Å². The molecule has 0 amide bonds. The van der Waals surface area contributed by atoms with Gasteiger partial charge in [0.15, 0.2) is 11.5 Å². The van der Waals surface area contributed by atoms with Crippen LogP contribution in [0.1, 0.15) is 16.7 Å². The lowest BCUT2D eigenvalue weighted by atomic mass is 10.1. The average Bonchev–Trinajstić information content (AvgIpc) is 2.72. The molecule has 0 heterocycles. The highest BCUT2D eigenvalue weighted by atomic mass is 35.5. The third-order valence-corrected chi connectivity index (χ3v) is 5.07. The number of benzene rings is 3. The maximum absolute atomic E-state index is 6.24. The van der Waals surface area contributed by atoms with Gasteiger partial charge in [0.25, 0.3) is 0 Å². The van der Waals surface area contributed by atoms with Crippen molar-refractivity contribution >= 4 is 23.2 Å². The fraction of sp³-hybridized carbons (Fsp3) is 0.217. The van der Waals surface area contributed by atoms with E-state index in [4.69, 9.17) is 32.7 Å². The highest BCUT2D eigenvalue weighted by molar-refractivity contribution is 6.35. The van der Waals surface area contributed by atoms with Crippen LogP contribution in [0.4, 0.5) is 0 Å². The van der Waals surface area contributed by atoms with Crippen LogP contribution < -0.4 is 14.8 Å². The van der Waals surface area contributed by atoms with Crippen molar-refractivity contribution in [3.63, 3.8) is 0 Å². The largest absolute Gasteiger partial charge is 0.493 e. The van der Waals surface area contributed by atoms with Gasteiger partial charge in [-0.2, -0.15) is 0 Å². The Bertz CT molecular complexity index is 900. The molecule has 0 unspecified atom stereocenters. The topological polar surface area (TPSA) is 35.1 Å². The van der Waals surface area contributed by atoms with Gasteiger partial charge in [-0.1, -0.05) is 59.6 Å². The Morgan fingerprint density at radius 1 is 0.857 bits per heavy atom. The van der Waals surface area contributed by atoms with Gasteiger partial charge < -0.3 is 14.8 Å². The number of quaternary nitrogens is 1. The van der Waals surface area contributed by atoms with Gasteiger partial charge in [-0.3, -0.25) is 0 Å². The lowest BCUT2D eigenvalue weighted by molar-refractivity contribution is -0.670. The van der Waals surface area contributed by atoms with Gasteiger partial charge in [0, 0.05) is 22.0 Å². The quantitative estimate of drug-likeness (QED) is 0.504. The molecule has 28 heavy (non-hydrogen) atoms. The van der Waals surface area contributed by atoms with Crippen molar-refractivity contribution in [2.45, 2.75) is 19.6 Å². The molecule has 0 fully saturated rings. The number of hydrogen-bond acceptors (Lipinski definition) is 2. The second-order valence-corrected chi connectivity index (χ2v) is 7.37. The lowest BCUT2D eigenvalue weighted by Crippen LogP contribution is -2.83. The molecule has 0 saturated carbocycles. The van der Waals surface area contributed by atoms with Crippen LogP contribution >= 0.6 is 23.2 Å². The Morgan fingerprint density at radius 2 is 1.68 bits per heavy atom.